The Bertz CT molecular complexity index is 590. The Hall–Kier alpha value is -1.14. The fourth-order valence-corrected chi connectivity index (χ4v) is 1.86. The lowest BCUT2D eigenvalue weighted by molar-refractivity contribution is 0.609. The highest BCUT2D eigenvalue weighted by atomic mass is 35.7. The van der Waals surface area contributed by atoms with Crippen LogP contribution in [0.4, 0.5) is 0 Å². The van der Waals surface area contributed by atoms with Gasteiger partial charge in [-0.2, -0.15) is 5.10 Å². The van der Waals surface area contributed by atoms with Crippen LogP contribution in [0.15, 0.2) is 23.4 Å². The molecule has 0 N–H and O–H groups in total. The molecule has 0 aromatic carbocycles. The smallest absolute Gasteiger partial charge is 0.250 e. The Morgan fingerprint density at radius 2 is 2.14 bits per heavy atom. The van der Waals surface area contributed by atoms with Gasteiger partial charge in [-0.25, -0.2) is 13.4 Å². The van der Waals surface area contributed by atoms with Crippen molar-refractivity contribution in [3.63, 3.8) is 0 Å². The molecule has 2 aromatic rings. The molecule has 0 unspecified atom stereocenters. The standard InChI is InChI=1S/C7H6ClN3O2S/c1-11-7-5(3-10-11)2-6(4-9-7)14(8,12)13/h2-4H,1H3. The van der Waals surface area contributed by atoms with Gasteiger partial charge in [-0.15, -0.1) is 0 Å². The summed E-state index contributed by atoms with van der Waals surface area (Å²) in [5.41, 5.74) is 0.620. The van der Waals surface area contributed by atoms with Crippen molar-refractivity contribution in [3.05, 3.63) is 18.5 Å². The minimum absolute atomic E-state index is 0.0142. The van der Waals surface area contributed by atoms with E-state index in [1.165, 1.54) is 18.5 Å². The topological polar surface area (TPSA) is 64.8 Å². The predicted molar refractivity (Wildman–Crippen MR) is 51.5 cm³/mol. The van der Waals surface area contributed by atoms with Crippen molar-refractivity contribution in [3.8, 4) is 0 Å². The van der Waals surface area contributed by atoms with Crippen LogP contribution in [0.5, 0.6) is 0 Å². The second-order valence-electron chi connectivity index (χ2n) is 2.79. The third kappa shape index (κ3) is 1.46. The Labute approximate surface area is 84.7 Å². The monoisotopic (exact) mass is 231 g/mol. The zero-order chi connectivity index (χ0) is 10.3. The Kier molecular flexibility index (Phi) is 1.97. The van der Waals surface area contributed by atoms with Crippen LogP contribution in [0.3, 0.4) is 0 Å². The fraction of sp³-hybridized carbons (Fsp3) is 0.143. The highest BCUT2D eigenvalue weighted by Gasteiger charge is 2.12. The molecule has 0 bridgehead atoms. The summed E-state index contributed by atoms with van der Waals surface area (Å²) in [6.07, 6.45) is 2.75. The summed E-state index contributed by atoms with van der Waals surface area (Å²) in [4.78, 5) is 3.93. The largest absolute Gasteiger partial charge is 0.262 e. The molecule has 2 aromatic heterocycles. The number of hydrogen-bond donors (Lipinski definition) is 0. The van der Waals surface area contributed by atoms with Gasteiger partial charge in [0.05, 0.1) is 6.20 Å². The predicted octanol–water partition coefficient (Wildman–Crippen LogP) is 0.896. The number of rotatable bonds is 1. The van der Waals surface area contributed by atoms with E-state index in [1.807, 2.05) is 0 Å². The highest BCUT2D eigenvalue weighted by Crippen LogP contribution is 2.18. The van der Waals surface area contributed by atoms with Crippen molar-refractivity contribution in [2.75, 3.05) is 0 Å². The molecule has 0 atom stereocenters. The minimum Gasteiger partial charge on any atom is -0.250 e. The SMILES string of the molecule is Cn1ncc2cc(S(=O)(=O)Cl)cnc21. The van der Waals surface area contributed by atoms with Gasteiger partial charge >= 0.3 is 0 Å². The highest BCUT2D eigenvalue weighted by molar-refractivity contribution is 8.13. The summed E-state index contributed by atoms with van der Waals surface area (Å²) < 4.78 is 23.5. The number of aromatic nitrogens is 3. The molecule has 0 spiro atoms. The van der Waals surface area contributed by atoms with E-state index >= 15 is 0 Å². The molecule has 2 rings (SSSR count). The van der Waals surface area contributed by atoms with Gasteiger partial charge in [-0.1, -0.05) is 0 Å². The lowest BCUT2D eigenvalue weighted by atomic mass is 10.4. The van der Waals surface area contributed by atoms with Gasteiger partial charge in [0.15, 0.2) is 5.65 Å². The molecule has 2 heterocycles. The van der Waals surface area contributed by atoms with Crippen molar-refractivity contribution < 1.29 is 8.42 Å². The quantitative estimate of drug-likeness (QED) is 0.684. The lowest BCUT2D eigenvalue weighted by Gasteiger charge is -1.96. The Morgan fingerprint density at radius 1 is 1.43 bits per heavy atom. The summed E-state index contributed by atoms with van der Waals surface area (Å²) in [7, 11) is 3.18. The van der Waals surface area contributed by atoms with Gasteiger partial charge in [0.25, 0.3) is 9.05 Å². The first-order valence-corrected chi connectivity index (χ1v) is 6.02. The Balaban J connectivity index is 2.76. The summed E-state index contributed by atoms with van der Waals surface area (Å²) >= 11 is 0. The first-order valence-electron chi connectivity index (χ1n) is 3.71. The first kappa shape index (κ1) is 9.42. The van der Waals surface area contributed by atoms with Crippen molar-refractivity contribution in [1.82, 2.24) is 14.8 Å². The average Bonchev–Trinajstić information content (AvgIpc) is 2.46. The van der Waals surface area contributed by atoms with Gasteiger partial charge in [0.1, 0.15) is 4.90 Å². The summed E-state index contributed by atoms with van der Waals surface area (Å²) in [6.45, 7) is 0. The van der Waals surface area contributed by atoms with Crippen LogP contribution in [-0.4, -0.2) is 23.2 Å². The molecule has 0 amide bonds. The minimum atomic E-state index is -3.71. The number of nitrogens with zero attached hydrogens (tertiary/aromatic N) is 3. The zero-order valence-electron chi connectivity index (χ0n) is 7.18. The number of halogens is 1. The van der Waals surface area contributed by atoms with Gasteiger partial charge in [-0.3, -0.25) is 4.68 Å². The van der Waals surface area contributed by atoms with Gasteiger partial charge in [-0.05, 0) is 6.07 Å². The lowest BCUT2D eigenvalue weighted by Crippen LogP contribution is -1.94. The van der Waals surface area contributed by atoms with Crippen LogP contribution in [0.25, 0.3) is 11.0 Å². The van der Waals surface area contributed by atoms with Gasteiger partial charge < -0.3 is 0 Å². The number of hydrogen-bond acceptors (Lipinski definition) is 4. The van der Waals surface area contributed by atoms with E-state index in [-0.39, 0.29) is 4.90 Å². The van der Waals surface area contributed by atoms with E-state index in [1.54, 1.807) is 11.7 Å². The molecule has 0 aliphatic heterocycles. The molecule has 0 aliphatic rings. The molecule has 0 saturated heterocycles. The van der Waals surface area contributed by atoms with E-state index in [2.05, 4.69) is 10.1 Å². The molecule has 74 valence electrons. The molecule has 0 radical (unpaired) electrons. The summed E-state index contributed by atoms with van der Waals surface area (Å²) in [6, 6.07) is 1.44. The van der Waals surface area contributed by atoms with Crippen molar-refractivity contribution in [1.29, 1.82) is 0 Å². The first-order chi connectivity index (χ1) is 6.48. The molecular weight excluding hydrogens is 226 g/mol. The van der Waals surface area contributed by atoms with E-state index in [0.29, 0.717) is 11.0 Å². The van der Waals surface area contributed by atoms with E-state index in [4.69, 9.17) is 10.7 Å². The van der Waals surface area contributed by atoms with Crippen LogP contribution in [0.1, 0.15) is 0 Å². The maximum Gasteiger partial charge on any atom is 0.262 e. The van der Waals surface area contributed by atoms with Crippen LogP contribution in [0, 0.1) is 0 Å². The second-order valence-corrected chi connectivity index (χ2v) is 5.36. The average molecular weight is 232 g/mol. The fourth-order valence-electron chi connectivity index (χ4n) is 1.16. The van der Waals surface area contributed by atoms with Gasteiger partial charge in [0, 0.05) is 29.3 Å². The molecule has 0 saturated carbocycles. The van der Waals surface area contributed by atoms with E-state index in [0.717, 1.165) is 0 Å². The summed E-state index contributed by atoms with van der Waals surface area (Å²) in [5.74, 6) is 0. The molecule has 0 aliphatic carbocycles. The molecule has 14 heavy (non-hydrogen) atoms. The van der Waals surface area contributed by atoms with Gasteiger partial charge in [0.2, 0.25) is 0 Å². The number of pyridine rings is 1. The molecule has 5 nitrogen and oxygen atoms in total. The Morgan fingerprint density at radius 3 is 2.79 bits per heavy atom. The van der Waals surface area contributed by atoms with Crippen LogP contribution in [-0.2, 0) is 16.1 Å². The van der Waals surface area contributed by atoms with E-state index in [9.17, 15) is 8.42 Å². The van der Waals surface area contributed by atoms with Crippen molar-refractivity contribution >= 4 is 30.8 Å². The van der Waals surface area contributed by atoms with Crippen molar-refractivity contribution in [2.45, 2.75) is 4.90 Å². The third-order valence-electron chi connectivity index (χ3n) is 1.83. The third-order valence-corrected chi connectivity index (χ3v) is 3.15. The second kappa shape index (κ2) is 2.93. The van der Waals surface area contributed by atoms with Crippen molar-refractivity contribution in [2.24, 2.45) is 7.05 Å². The maximum absolute atomic E-state index is 11.0. The molecular formula is C7H6ClN3O2S. The number of aryl methyl sites for hydroxylation is 1. The van der Waals surface area contributed by atoms with E-state index < -0.39 is 9.05 Å². The molecule has 7 heteroatoms. The summed E-state index contributed by atoms with van der Waals surface area (Å²) in [5, 5.41) is 4.58. The maximum atomic E-state index is 11.0. The van der Waals surface area contributed by atoms with Crippen LogP contribution in [0.2, 0.25) is 0 Å². The number of fused-ring (bicyclic) bond motifs is 1. The molecule has 0 fully saturated rings. The zero-order valence-corrected chi connectivity index (χ0v) is 8.75. The van der Waals surface area contributed by atoms with Crippen LogP contribution >= 0.6 is 10.7 Å². The van der Waals surface area contributed by atoms with Crippen LogP contribution < -0.4 is 0 Å². The normalized spacial score (nSPS) is 12.1.